The number of hydrogen-bond donors (Lipinski definition) is 0. The van der Waals surface area contributed by atoms with Crippen LogP contribution in [0.5, 0.6) is 0 Å². The fourth-order valence-electron chi connectivity index (χ4n) is 8.42. The lowest BCUT2D eigenvalue weighted by atomic mass is 9.85. The minimum absolute atomic E-state index is 0.830. The Labute approximate surface area is 288 Å². The number of furan rings is 3. The van der Waals surface area contributed by atoms with Gasteiger partial charge in [0.25, 0.3) is 0 Å². The lowest BCUT2D eigenvalue weighted by molar-refractivity contribution is 0.616. The molecule has 0 aliphatic carbocycles. The lowest BCUT2D eigenvalue weighted by Crippen LogP contribution is -1.91. The summed E-state index contributed by atoms with van der Waals surface area (Å²) in [7, 11) is 0. The smallest absolute Gasteiger partial charge is 0.147 e. The Morgan fingerprint density at radius 1 is 0.400 bits per heavy atom. The van der Waals surface area contributed by atoms with Crippen LogP contribution in [0.2, 0.25) is 0 Å². The maximum atomic E-state index is 6.57. The Kier molecular flexibility index (Phi) is 5.12. The summed E-state index contributed by atoms with van der Waals surface area (Å²) >= 11 is 1.85. The highest BCUT2D eigenvalue weighted by Gasteiger charge is 2.22. The largest absolute Gasteiger partial charge is 0.464 e. The summed E-state index contributed by atoms with van der Waals surface area (Å²) < 4.78 is 21.4. The summed E-state index contributed by atoms with van der Waals surface area (Å²) in [6.07, 6.45) is 1.78. The molecule has 4 heterocycles. The highest BCUT2D eigenvalue weighted by Crippen LogP contribution is 2.49. The topological polar surface area (TPSA) is 39.4 Å². The van der Waals surface area contributed by atoms with Crippen molar-refractivity contribution in [2.24, 2.45) is 0 Å². The van der Waals surface area contributed by atoms with E-state index in [0.29, 0.717) is 0 Å². The van der Waals surface area contributed by atoms with E-state index in [4.69, 9.17) is 13.3 Å². The molecule has 0 radical (unpaired) electrons. The van der Waals surface area contributed by atoms with E-state index in [-0.39, 0.29) is 0 Å². The van der Waals surface area contributed by atoms with Crippen molar-refractivity contribution in [1.29, 1.82) is 0 Å². The van der Waals surface area contributed by atoms with Gasteiger partial charge in [-0.1, -0.05) is 84.9 Å². The molecule has 0 saturated heterocycles. The van der Waals surface area contributed by atoms with Crippen LogP contribution in [0.1, 0.15) is 0 Å². The van der Waals surface area contributed by atoms with Crippen LogP contribution in [0.25, 0.3) is 119 Å². The van der Waals surface area contributed by atoms with Gasteiger partial charge in [0.1, 0.15) is 27.9 Å². The van der Waals surface area contributed by atoms with Crippen molar-refractivity contribution in [3.63, 3.8) is 0 Å². The van der Waals surface area contributed by atoms with Crippen LogP contribution in [0.4, 0.5) is 0 Å². The molecule has 0 aliphatic rings. The maximum Gasteiger partial charge on any atom is 0.147 e. The zero-order valence-corrected chi connectivity index (χ0v) is 27.3. The Bertz CT molecular complexity index is 3330. The number of benzene rings is 8. The third kappa shape index (κ3) is 3.48. The third-order valence-corrected chi connectivity index (χ3v) is 11.7. The predicted molar refractivity (Wildman–Crippen MR) is 210 cm³/mol. The first-order chi connectivity index (χ1) is 24.8. The van der Waals surface area contributed by atoms with Crippen molar-refractivity contribution in [1.82, 2.24) is 0 Å². The highest BCUT2D eigenvalue weighted by molar-refractivity contribution is 7.26. The van der Waals surface area contributed by atoms with Crippen LogP contribution >= 0.6 is 11.3 Å². The molecule has 232 valence electrons. The minimum Gasteiger partial charge on any atom is -0.464 e. The molecule has 0 N–H and O–H groups in total. The molecule has 4 heteroatoms. The summed E-state index contributed by atoms with van der Waals surface area (Å²) in [6, 6.07) is 50.0. The average Bonchev–Trinajstić information content (AvgIpc) is 3.94. The second-order valence-electron chi connectivity index (χ2n) is 13.2. The van der Waals surface area contributed by atoms with Gasteiger partial charge in [0.15, 0.2) is 0 Å². The predicted octanol–water partition coefficient (Wildman–Crippen LogP) is 14.2. The van der Waals surface area contributed by atoms with Crippen LogP contribution in [-0.2, 0) is 0 Å². The summed E-state index contributed by atoms with van der Waals surface area (Å²) in [4.78, 5) is 0. The molecule has 0 atom stereocenters. The van der Waals surface area contributed by atoms with Crippen LogP contribution < -0.4 is 0 Å². The molecule has 12 aromatic rings. The van der Waals surface area contributed by atoms with Crippen LogP contribution in [-0.4, -0.2) is 0 Å². The van der Waals surface area contributed by atoms with Gasteiger partial charge in [0, 0.05) is 41.7 Å². The molecule has 0 bridgehead atoms. The fourth-order valence-corrected chi connectivity index (χ4v) is 9.58. The molecule has 12 rings (SSSR count). The van der Waals surface area contributed by atoms with Crippen molar-refractivity contribution in [2.75, 3.05) is 0 Å². The molecular formula is C46H24O3S. The molecule has 0 saturated carbocycles. The Balaban J connectivity index is 1.15. The number of thiophene rings is 1. The molecule has 0 unspecified atom stereocenters. The van der Waals surface area contributed by atoms with Gasteiger partial charge in [-0.05, 0) is 98.4 Å². The molecule has 4 aromatic heterocycles. The van der Waals surface area contributed by atoms with Gasteiger partial charge in [-0.15, -0.1) is 11.3 Å². The van der Waals surface area contributed by atoms with E-state index < -0.39 is 0 Å². The van der Waals surface area contributed by atoms with Crippen molar-refractivity contribution in [3.05, 3.63) is 146 Å². The zero-order chi connectivity index (χ0) is 32.5. The standard InChI is InChI=1S/C46H24O3S/c1-3-11-30-28(9-1)42(26-16-17-33-39(22-26)48-37-19-18-32-27-8-5-6-14-36(27)49-46(32)45(33)37)29-10-2-4-12-31(29)43(30)34-13-7-15-40-44(34)35-24-38-25(20-21-47-38)23-41(35)50-40/h1-24H. The molecule has 0 amide bonds. The quantitative estimate of drug-likeness (QED) is 0.174. The van der Waals surface area contributed by atoms with E-state index in [2.05, 4.69) is 121 Å². The molecule has 8 aromatic carbocycles. The Morgan fingerprint density at radius 3 is 1.96 bits per heavy atom. The van der Waals surface area contributed by atoms with Crippen LogP contribution in [0.3, 0.4) is 0 Å². The van der Waals surface area contributed by atoms with Crippen molar-refractivity contribution >= 4 is 108 Å². The summed E-state index contributed by atoms with van der Waals surface area (Å²) in [5.74, 6) is 0. The molecular weight excluding hydrogens is 633 g/mol. The van der Waals surface area contributed by atoms with Crippen LogP contribution in [0, 0.1) is 0 Å². The van der Waals surface area contributed by atoms with Gasteiger partial charge in [-0.3, -0.25) is 0 Å². The first kappa shape index (κ1) is 26.6. The number of fused-ring (bicyclic) bond motifs is 13. The first-order valence-electron chi connectivity index (χ1n) is 16.8. The summed E-state index contributed by atoms with van der Waals surface area (Å²) in [5.41, 5.74) is 9.17. The van der Waals surface area contributed by atoms with E-state index in [1.165, 1.54) is 58.4 Å². The normalized spacial score (nSPS) is 12.4. The highest BCUT2D eigenvalue weighted by atomic mass is 32.1. The Morgan fingerprint density at radius 2 is 1.14 bits per heavy atom. The molecule has 0 spiro atoms. The van der Waals surface area contributed by atoms with E-state index >= 15 is 0 Å². The molecule has 0 aliphatic heterocycles. The van der Waals surface area contributed by atoms with Crippen molar-refractivity contribution < 1.29 is 13.3 Å². The van der Waals surface area contributed by atoms with Gasteiger partial charge < -0.3 is 13.3 Å². The second-order valence-corrected chi connectivity index (χ2v) is 14.2. The summed E-state index contributed by atoms with van der Waals surface area (Å²) in [5, 5.41) is 12.8. The fraction of sp³-hybridized carbons (Fsp3) is 0. The lowest BCUT2D eigenvalue weighted by Gasteiger charge is -2.18. The SMILES string of the molecule is c1ccc2c(c1)oc1c2ccc2oc3cc(-c4c5ccccc5c(-c5cccc6sc7cc8ccoc8cc7c56)c5ccccc45)ccc3c21. The van der Waals surface area contributed by atoms with Gasteiger partial charge >= 0.3 is 0 Å². The first-order valence-corrected chi connectivity index (χ1v) is 17.6. The second kappa shape index (κ2) is 9.63. The summed E-state index contributed by atoms with van der Waals surface area (Å²) in [6.45, 7) is 0. The number of hydrogen-bond acceptors (Lipinski definition) is 4. The minimum atomic E-state index is 0.830. The molecule has 3 nitrogen and oxygen atoms in total. The van der Waals surface area contributed by atoms with Crippen molar-refractivity contribution in [3.8, 4) is 22.3 Å². The third-order valence-electron chi connectivity index (χ3n) is 10.5. The number of rotatable bonds is 2. The van der Waals surface area contributed by atoms with Crippen molar-refractivity contribution in [2.45, 2.75) is 0 Å². The van der Waals surface area contributed by atoms with Gasteiger partial charge in [-0.2, -0.15) is 0 Å². The molecule has 0 fully saturated rings. The zero-order valence-electron chi connectivity index (χ0n) is 26.5. The van der Waals surface area contributed by atoms with Gasteiger partial charge in [0.2, 0.25) is 0 Å². The van der Waals surface area contributed by atoms with E-state index in [1.54, 1.807) is 6.26 Å². The van der Waals surface area contributed by atoms with Gasteiger partial charge in [0.05, 0.1) is 11.6 Å². The van der Waals surface area contributed by atoms with E-state index in [0.717, 1.165) is 60.4 Å². The monoisotopic (exact) mass is 656 g/mol. The van der Waals surface area contributed by atoms with E-state index in [9.17, 15) is 0 Å². The van der Waals surface area contributed by atoms with Gasteiger partial charge in [-0.25, -0.2) is 0 Å². The average molecular weight is 657 g/mol. The van der Waals surface area contributed by atoms with E-state index in [1.807, 2.05) is 29.5 Å². The molecule has 50 heavy (non-hydrogen) atoms. The maximum absolute atomic E-state index is 6.57. The number of para-hydroxylation sites is 1. The Hall–Kier alpha value is -6.36. The van der Waals surface area contributed by atoms with Crippen LogP contribution in [0.15, 0.2) is 159 Å².